The van der Waals surface area contributed by atoms with Gasteiger partial charge in [0.1, 0.15) is 0 Å². The molecule has 3 heteroatoms. The molecule has 0 unspecified atom stereocenters. The second-order valence-electron chi connectivity index (χ2n) is 3.28. The Labute approximate surface area is 69.5 Å². The summed E-state index contributed by atoms with van der Waals surface area (Å²) in [6.07, 6.45) is 4.09. The van der Waals surface area contributed by atoms with E-state index in [4.69, 9.17) is 0 Å². The van der Waals surface area contributed by atoms with E-state index in [-0.39, 0.29) is 5.97 Å². The highest BCUT2D eigenvalue weighted by Crippen LogP contribution is 2.21. The zero-order chi connectivity index (χ0) is 8.10. The number of methoxy groups -OCH3 is 1. The Morgan fingerprint density at radius 2 is 2.00 bits per heavy atom. The molecule has 0 N–H and O–H groups in total. The van der Waals surface area contributed by atoms with E-state index in [0.717, 1.165) is 6.04 Å². The summed E-state index contributed by atoms with van der Waals surface area (Å²) in [5.41, 5.74) is 0. The van der Waals surface area contributed by atoms with Crippen LogP contribution < -0.4 is 0 Å². The minimum atomic E-state index is -0.676. The summed E-state index contributed by atoms with van der Waals surface area (Å²) in [5, 5.41) is 0. The van der Waals surface area contributed by atoms with Crippen LogP contribution in [0, 0.1) is 0 Å². The van der Waals surface area contributed by atoms with Gasteiger partial charge in [0.25, 0.3) is 0 Å². The van der Waals surface area contributed by atoms with Crippen LogP contribution in [0.15, 0.2) is 0 Å². The van der Waals surface area contributed by atoms with Gasteiger partial charge in [0, 0.05) is 14.8 Å². The number of rotatable bonds is 2. The fourth-order valence-corrected chi connectivity index (χ4v) is 4.78. The van der Waals surface area contributed by atoms with Gasteiger partial charge in [-0.05, 0) is 0 Å². The molecule has 1 aliphatic rings. The number of carbonyl (C=O) groups excluding carboxylic acids is 1. The van der Waals surface area contributed by atoms with Crippen molar-refractivity contribution >= 4 is 14.8 Å². The van der Waals surface area contributed by atoms with Gasteiger partial charge < -0.3 is 4.74 Å². The molecule has 0 aliphatic carbocycles. The molecule has 11 heavy (non-hydrogen) atoms. The minimum Gasteiger partial charge on any atom is -0.469 e. The number of esters is 1. The molecule has 1 rings (SSSR count). The van der Waals surface area contributed by atoms with Crippen LogP contribution in [0.25, 0.3) is 0 Å². The Hall–Kier alpha value is -0.313. The van der Waals surface area contributed by atoms with Crippen molar-refractivity contribution in [2.24, 2.45) is 0 Å². The molecule has 0 aromatic heterocycles. The van der Waals surface area contributed by atoms with Crippen LogP contribution in [-0.4, -0.2) is 21.9 Å². The predicted molar refractivity (Wildman–Crippen MR) is 47.4 cm³/mol. The van der Waals surface area contributed by atoms with Crippen LogP contribution >= 0.6 is 0 Å². The van der Waals surface area contributed by atoms with Gasteiger partial charge in [0.2, 0.25) is 0 Å². The smallest absolute Gasteiger partial charge is 0.302 e. The average molecular weight is 172 g/mol. The SMILES string of the molecule is COC(=O)C[SiH]1CCCCC1. The Balaban J connectivity index is 2.19. The number of hydrogen-bond acceptors (Lipinski definition) is 2. The molecule has 0 aromatic carbocycles. The van der Waals surface area contributed by atoms with E-state index in [0.29, 0.717) is 0 Å². The quantitative estimate of drug-likeness (QED) is 0.467. The van der Waals surface area contributed by atoms with Gasteiger partial charge in [0.15, 0.2) is 0 Å². The second kappa shape index (κ2) is 4.54. The van der Waals surface area contributed by atoms with Crippen molar-refractivity contribution in [2.45, 2.75) is 37.4 Å². The van der Waals surface area contributed by atoms with E-state index in [1.54, 1.807) is 0 Å². The Bertz CT molecular complexity index is 130. The van der Waals surface area contributed by atoms with Gasteiger partial charge in [0.05, 0.1) is 7.11 Å². The summed E-state index contributed by atoms with van der Waals surface area (Å²) in [6.45, 7) is 0. The third-order valence-corrected chi connectivity index (χ3v) is 5.77. The fourth-order valence-electron chi connectivity index (χ4n) is 1.71. The largest absolute Gasteiger partial charge is 0.469 e. The number of ether oxygens (including phenoxy) is 1. The molecule has 1 saturated heterocycles. The fraction of sp³-hybridized carbons (Fsp3) is 0.875. The molecule has 0 spiro atoms. The van der Waals surface area contributed by atoms with Crippen LogP contribution in [0.1, 0.15) is 19.3 Å². The molecule has 0 bridgehead atoms. The predicted octanol–water partition coefficient (Wildman–Crippen LogP) is 1.57. The van der Waals surface area contributed by atoms with Gasteiger partial charge in [-0.15, -0.1) is 0 Å². The van der Waals surface area contributed by atoms with Crippen molar-refractivity contribution in [1.82, 2.24) is 0 Å². The molecular formula is C8H16O2Si. The maximum absolute atomic E-state index is 10.9. The lowest BCUT2D eigenvalue weighted by molar-refractivity contribution is -0.138. The van der Waals surface area contributed by atoms with Gasteiger partial charge in [-0.25, -0.2) is 0 Å². The highest BCUT2D eigenvalue weighted by molar-refractivity contribution is 6.62. The molecule has 2 nitrogen and oxygen atoms in total. The van der Waals surface area contributed by atoms with E-state index in [1.807, 2.05) is 0 Å². The molecule has 0 aromatic rings. The minimum absolute atomic E-state index is 0.0172. The lowest BCUT2D eigenvalue weighted by Crippen LogP contribution is -2.20. The molecule has 0 radical (unpaired) electrons. The highest BCUT2D eigenvalue weighted by Gasteiger charge is 2.18. The summed E-state index contributed by atoms with van der Waals surface area (Å²) < 4.78 is 4.65. The van der Waals surface area contributed by atoms with Crippen molar-refractivity contribution < 1.29 is 9.53 Å². The first-order valence-electron chi connectivity index (χ1n) is 4.39. The van der Waals surface area contributed by atoms with Gasteiger partial charge in [-0.3, -0.25) is 4.79 Å². The topological polar surface area (TPSA) is 26.3 Å². The zero-order valence-corrected chi connectivity index (χ0v) is 8.29. The van der Waals surface area contributed by atoms with E-state index >= 15 is 0 Å². The average Bonchev–Trinajstić information content (AvgIpc) is 2.06. The van der Waals surface area contributed by atoms with E-state index < -0.39 is 8.80 Å². The lowest BCUT2D eigenvalue weighted by Gasteiger charge is -2.18. The van der Waals surface area contributed by atoms with Crippen LogP contribution in [0.5, 0.6) is 0 Å². The first-order chi connectivity index (χ1) is 5.33. The third kappa shape index (κ3) is 3.06. The number of carbonyl (C=O) groups is 1. The van der Waals surface area contributed by atoms with Gasteiger partial charge >= 0.3 is 5.97 Å². The molecule has 0 atom stereocenters. The third-order valence-electron chi connectivity index (χ3n) is 2.41. The molecule has 0 amide bonds. The first-order valence-corrected chi connectivity index (χ1v) is 6.84. The highest BCUT2D eigenvalue weighted by atomic mass is 28.3. The maximum Gasteiger partial charge on any atom is 0.302 e. The molecule has 1 heterocycles. The van der Waals surface area contributed by atoms with Crippen LogP contribution in [0.4, 0.5) is 0 Å². The Morgan fingerprint density at radius 1 is 1.36 bits per heavy atom. The standard InChI is InChI=1S/C8H16O2Si/c1-10-8(9)7-11-5-3-2-4-6-11/h11H,2-7H2,1H3. The van der Waals surface area contributed by atoms with Crippen molar-refractivity contribution in [2.75, 3.05) is 7.11 Å². The van der Waals surface area contributed by atoms with Crippen LogP contribution in [0.2, 0.25) is 18.1 Å². The first kappa shape index (κ1) is 8.78. The molecule has 64 valence electrons. The van der Waals surface area contributed by atoms with Crippen molar-refractivity contribution in [3.63, 3.8) is 0 Å². The van der Waals surface area contributed by atoms with Crippen molar-refractivity contribution in [3.05, 3.63) is 0 Å². The number of hydrogen-bond donors (Lipinski definition) is 0. The zero-order valence-electron chi connectivity index (χ0n) is 7.14. The van der Waals surface area contributed by atoms with Crippen LogP contribution in [0.3, 0.4) is 0 Å². The van der Waals surface area contributed by atoms with E-state index in [1.165, 1.54) is 38.5 Å². The van der Waals surface area contributed by atoms with Gasteiger partial charge in [-0.2, -0.15) is 0 Å². The maximum atomic E-state index is 10.9. The summed E-state index contributed by atoms with van der Waals surface area (Å²) in [6, 6.07) is 3.49. The molecular weight excluding hydrogens is 156 g/mol. The summed E-state index contributed by atoms with van der Waals surface area (Å²) >= 11 is 0. The molecule has 0 saturated carbocycles. The van der Waals surface area contributed by atoms with E-state index in [2.05, 4.69) is 4.74 Å². The van der Waals surface area contributed by atoms with Gasteiger partial charge in [-0.1, -0.05) is 31.4 Å². The normalized spacial score (nSPS) is 19.7. The van der Waals surface area contributed by atoms with Crippen molar-refractivity contribution in [1.29, 1.82) is 0 Å². The van der Waals surface area contributed by atoms with Crippen molar-refractivity contribution in [3.8, 4) is 0 Å². The Kier molecular flexibility index (Phi) is 3.63. The second-order valence-corrected chi connectivity index (χ2v) is 6.58. The summed E-state index contributed by atoms with van der Waals surface area (Å²) in [5.74, 6) is 0.0172. The monoisotopic (exact) mass is 172 g/mol. The van der Waals surface area contributed by atoms with Crippen LogP contribution in [-0.2, 0) is 9.53 Å². The summed E-state index contributed by atoms with van der Waals surface area (Å²) in [7, 11) is 0.809. The Morgan fingerprint density at radius 3 is 2.55 bits per heavy atom. The molecule has 1 fully saturated rings. The molecule has 1 aliphatic heterocycles. The lowest BCUT2D eigenvalue weighted by atomic mass is 10.3. The van der Waals surface area contributed by atoms with E-state index in [9.17, 15) is 4.79 Å². The summed E-state index contributed by atoms with van der Waals surface area (Å²) in [4.78, 5) is 10.9.